The zero-order valence-corrected chi connectivity index (χ0v) is 25.8. The normalized spacial score (nSPS) is 10.7. The molecule has 2 aromatic carbocycles. The molecule has 1 heterocycles. The summed E-state index contributed by atoms with van der Waals surface area (Å²) in [7, 11) is 0. The highest BCUT2D eigenvalue weighted by atomic mass is 79.9. The lowest BCUT2D eigenvalue weighted by Gasteiger charge is -2.12. The fourth-order valence-electron chi connectivity index (χ4n) is 4.38. The Balaban J connectivity index is 0.00000507. The number of benzene rings is 2. The molecule has 0 radical (unpaired) electrons. The molecule has 0 saturated carbocycles. The molecule has 0 spiro atoms. The molecule has 1 aromatic heterocycles. The van der Waals surface area contributed by atoms with Crippen LogP contribution in [0.5, 0.6) is 5.75 Å². The standard InChI is InChI=1S/C31H41ClN2O2S.BrH/c1-2-3-4-5-6-7-8-9-10-11-12-13-21-36-30-23-27(32)16-19-29(30)31(35)33-28-17-14-26(15-18-28)24-34-20-22-37-25-34;/h14-20,22-23,25H,2-13,21,24H2,1H3;1H. The Bertz CT molecular complexity index is 1040. The molecule has 0 aliphatic heterocycles. The van der Waals surface area contributed by atoms with E-state index >= 15 is 0 Å². The van der Waals surface area contributed by atoms with Gasteiger partial charge in [0, 0.05) is 16.3 Å². The number of carbonyl (C=O) groups is 1. The van der Waals surface area contributed by atoms with Gasteiger partial charge in [0.25, 0.3) is 5.91 Å². The van der Waals surface area contributed by atoms with Gasteiger partial charge in [-0.3, -0.25) is 4.79 Å². The van der Waals surface area contributed by atoms with Crippen molar-refractivity contribution in [3.8, 4) is 5.75 Å². The lowest BCUT2D eigenvalue weighted by atomic mass is 10.1. The zero-order valence-electron chi connectivity index (χ0n) is 22.6. The maximum atomic E-state index is 13.0. The molecule has 0 atom stereocenters. The number of halogens is 2. The molecule has 3 rings (SSSR count). The Morgan fingerprint density at radius 3 is 2.13 bits per heavy atom. The SMILES string of the molecule is CCCCCCCCCCCCCCOc1cc(Cl)ccc1C(=O)Nc1ccc(C[n+]2ccsc2)cc1.[Br-]. The van der Waals surface area contributed by atoms with Crippen molar-refractivity contribution in [3.63, 3.8) is 0 Å². The van der Waals surface area contributed by atoms with Gasteiger partial charge < -0.3 is 27.0 Å². The number of rotatable bonds is 18. The lowest BCUT2D eigenvalue weighted by Crippen LogP contribution is -3.00. The van der Waals surface area contributed by atoms with Crippen LogP contribution in [0, 0.1) is 0 Å². The van der Waals surface area contributed by atoms with E-state index in [1.54, 1.807) is 29.5 Å². The average Bonchev–Trinajstić information content (AvgIpc) is 3.41. The maximum Gasteiger partial charge on any atom is 0.259 e. The fraction of sp³-hybridized carbons (Fsp3) is 0.484. The third-order valence-electron chi connectivity index (χ3n) is 6.55. The van der Waals surface area contributed by atoms with Crippen LogP contribution in [0.4, 0.5) is 5.69 Å². The van der Waals surface area contributed by atoms with Crippen molar-refractivity contribution in [2.75, 3.05) is 11.9 Å². The number of nitrogens with one attached hydrogen (secondary N) is 1. The first-order valence-corrected chi connectivity index (χ1v) is 15.2. The second-order valence-electron chi connectivity index (χ2n) is 9.73. The summed E-state index contributed by atoms with van der Waals surface area (Å²) in [5.74, 6) is 0.347. The van der Waals surface area contributed by atoms with Gasteiger partial charge in [-0.25, -0.2) is 0 Å². The van der Waals surface area contributed by atoms with Crippen LogP contribution in [-0.2, 0) is 6.54 Å². The average molecular weight is 622 g/mol. The third-order valence-corrected chi connectivity index (χ3v) is 7.45. The molecular weight excluding hydrogens is 580 g/mol. The summed E-state index contributed by atoms with van der Waals surface area (Å²) in [5, 5.41) is 5.61. The molecule has 1 N–H and O–H groups in total. The summed E-state index contributed by atoms with van der Waals surface area (Å²) in [6.45, 7) is 3.67. The van der Waals surface area contributed by atoms with E-state index in [9.17, 15) is 4.79 Å². The lowest BCUT2D eigenvalue weighted by molar-refractivity contribution is -0.683. The maximum absolute atomic E-state index is 13.0. The van der Waals surface area contributed by atoms with E-state index in [4.69, 9.17) is 16.3 Å². The van der Waals surface area contributed by atoms with Crippen molar-refractivity contribution < 1.29 is 31.1 Å². The third kappa shape index (κ3) is 12.3. The summed E-state index contributed by atoms with van der Waals surface area (Å²) in [6, 6.07) is 13.1. The molecule has 0 unspecified atom stereocenters. The van der Waals surface area contributed by atoms with Crippen LogP contribution in [0.15, 0.2) is 59.6 Å². The van der Waals surface area contributed by atoms with Gasteiger partial charge in [-0.1, -0.05) is 113 Å². The van der Waals surface area contributed by atoms with Crippen LogP contribution in [0.2, 0.25) is 5.02 Å². The summed E-state index contributed by atoms with van der Waals surface area (Å²) in [5.41, 5.74) is 4.51. The molecule has 3 aromatic rings. The van der Waals surface area contributed by atoms with Gasteiger partial charge in [0.2, 0.25) is 5.51 Å². The van der Waals surface area contributed by atoms with Gasteiger partial charge in [-0.05, 0) is 36.8 Å². The number of hydrogen-bond acceptors (Lipinski definition) is 3. The molecule has 208 valence electrons. The highest BCUT2D eigenvalue weighted by Gasteiger charge is 2.14. The predicted octanol–water partition coefficient (Wildman–Crippen LogP) is 6.07. The molecule has 38 heavy (non-hydrogen) atoms. The van der Waals surface area contributed by atoms with Gasteiger partial charge in [-0.15, -0.1) is 0 Å². The first kappa shape index (κ1) is 32.3. The van der Waals surface area contributed by atoms with Gasteiger partial charge >= 0.3 is 0 Å². The molecule has 0 aliphatic carbocycles. The number of ether oxygens (including phenoxy) is 1. The second-order valence-corrected chi connectivity index (χ2v) is 10.9. The topological polar surface area (TPSA) is 42.2 Å². The molecule has 7 heteroatoms. The van der Waals surface area contributed by atoms with Crippen LogP contribution in [0.25, 0.3) is 0 Å². The monoisotopic (exact) mass is 620 g/mol. The second kappa shape index (κ2) is 19.2. The zero-order chi connectivity index (χ0) is 26.1. The molecule has 1 amide bonds. The van der Waals surface area contributed by atoms with E-state index in [0.717, 1.165) is 25.1 Å². The Morgan fingerprint density at radius 1 is 0.895 bits per heavy atom. The van der Waals surface area contributed by atoms with E-state index in [2.05, 4.69) is 33.9 Å². The Morgan fingerprint density at radius 2 is 1.53 bits per heavy atom. The van der Waals surface area contributed by atoms with E-state index < -0.39 is 0 Å². The van der Waals surface area contributed by atoms with Gasteiger partial charge in [0.05, 0.1) is 17.6 Å². The van der Waals surface area contributed by atoms with E-state index in [-0.39, 0.29) is 22.9 Å². The highest BCUT2D eigenvalue weighted by molar-refractivity contribution is 7.07. The highest BCUT2D eigenvalue weighted by Crippen LogP contribution is 2.25. The van der Waals surface area contributed by atoms with Crippen LogP contribution in [-0.4, -0.2) is 12.5 Å². The van der Waals surface area contributed by atoms with E-state index in [0.29, 0.717) is 22.9 Å². The smallest absolute Gasteiger partial charge is 0.259 e. The quantitative estimate of drug-likeness (QED) is 0.138. The van der Waals surface area contributed by atoms with Crippen molar-refractivity contribution in [2.45, 2.75) is 90.5 Å². The number of anilines is 1. The molecule has 4 nitrogen and oxygen atoms in total. The van der Waals surface area contributed by atoms with E-state index in [1.807, 2.05) is 24.3 Å². The minimum Gasteiger partial charge on any atom is -1.00 e. The Hall–Kier alpha value is -1.89. The summed E-state index contributed by atoms with van der Waals surface area (Å²) in [6.07, 6.45) is 17.7. The Labute approximate surface area is 248 Å². The first-order valence-electron chi connectivity index (χ1n) is 13.9. The van der Waals surface area contributed by atoms with Gasteiger partial charge in [0.1, 0.15) is 5.75 Å². The first-order chi connectivity index (χ1) is 18.2. The van der Waals surface area contributed by atoms with Crippen molar-refractivity contribution in [3.05, 3.63) is 75.7 Å². The van der Waals surface area contributed by atoms with Crippen LogP contribution in [0.1, 0.15) is 99.9 Å². The molecule has 0 fully saturated rings. The molecule has 0 aliphatic rings. The van der Waals surface area contributed by atoms with Crippen LogP contribution in [0.3, 0.4) is 0 Å². The summed E-state index contributed by atoms with van der Waals surface area (Å²) >= 11 is 7.87. The predicted molar refractivity (Wildman–Crippen MR) is 156 cm³/mol. The van der Waals surface area contributed by atoms with Crippen molar-refractivity contribution in [1.82, 2.24) is 0 Å². The minimum atomic E-state index is -0.193. The minimum absolute atomic E-state index is 0. The fourth-order valence-corrected chi connectivity index (χ4v) is 5.14. The molecule has 0 bridgehead atoms. The summed E-state index contributed by atoms with van der Waals surface area (Å²) < 4.78 is 8.13. The number of thiazole rings is 1. The van der Waals surface area contributed by atoms with Crippen molar-refractivity contribution in [1.29, 1.82) is 0 Å². The number of aromatic nitrogens is 1. The Kier molecular flexibility index (Phi) is 16.3. The summed E-state index contributed by atoms with van der Waals surface area (Å²) in [4.78, 5) is 13.0. The number of nitrogens with zero attached hydrogens (tertiary/aromatic N) is 1. The largest absolute Gasteiger partial charge is 1.00 e. The van der Waals surface area contributed by atoms with E-state index in [1.165, 1.54) is 69.8 Å². The number of carbonyl (C=O) groups excluding carboxylic acids is 1. The van der Waals surface area contributed by atoms with Gasteiger partial charge in [-0.2, -0.15) is 4.57 Å². The van der Waals surface area contributed by atoms with Crippen molar-refractivity contribution in [2.24, 2.45) is 0 Å². The molecule has 0 saturated heterocycles. The van der Waals surface area contributed by atoms with Gasteiger partial charge in [0.15, 0.2) is 12.7 Å². The number of amides is 1. The van der Waals surface area contributed by atoms with Crippen molar-refractivity contribution >= 4 is 34.5 Å². The van der Waals surface area contributed by atoms with Crippen LogP contribution < -0.4 is 31.6 Å². The molecular formula is C31H42BrClN2O2S. The van der Waals surface area contributed by atoms with Crippen LogP contribution >= 0.6 is 22.9 Å². The number of unbranched alkanes of at least 4 members (excludes halogenated alkanes) is 11. The number of hydrogen-bond donors (Lipinski definition) is 1.